The van der Waals surface area contributed by atoms with Crippen LogP contribution in [0.5, 0.6) is 0 Å². The van der Waals surface area contributed by atoms with Gasteiger partial charge >= 0.3 is 0 Å². The Balaban J connectivity index is 0. The fourth-order valence-corrected chi connectivity index (χ4v) is 0.677. The molecule has 0 unspecified atom stereocenters. The van der Waals surface area contributed by atoms with Crippen molar-refractivity contribution in [1.82, 2.24) is 0 Å². The molecule has 0 aliphatic heterocycles. The van der Waals surface area contributed by atoms with E-state index in [0.29, 0.717) is 0 Å². The van der Waals surface area contributed by atoms with Gasteiger partial charge in [0.05, 0.1) is 0 Å². The van der Waals surface area contributed by atoms with Crippen LogP contribution in [-0.4, -0.2) is 14.1 Å². The summed E-state index contributed by atoms with van der Waals surface area (Å²) in [7, 11) is 0. The highest BCUT2D eigenvalue weighted by molar-refractivity contribution is 6.54. The van der Waals surface area contributed by atoms with Gasteiger partial charge in [0.2, 0.25) is 0 Å². The summed E-state index contributed by atoms with van der Waals surface area (Å²) in [4.78, 5) is 0. The van der Waals surface area contributed by atoms with E-state index in [9.17, 15) is 0 Å². The third-order valence-corrected chi connectivity index (χ3v) is 1.21. The lowest BCUT2D eigenvalue weighted by Crippen LogP contribution is -1.84. The van der Waals surface area contributed by atoms with E-state index in [-0.39, 0.29) is 14.1 Å². The van der Waals surface area contributed by atoms with Gasteiger partial charge in [-0.1, -0.05) is 46.0 Å². The molecule has 0 rings (SSSR count). The van der Waals surface area contributed by atoms with E-state index in [4.69, 9.17) is 0 Å². The van der Waals surface area contributed by atoms with E-state index in [2.05, 4.69) is 31.2 Å². The molecule has 0 nitrogen and oxygen atoms in total. The summed E-state index contributed by atoms with van der Waals surface area (Å²) < 4.78 is 0. The first-order chi connectivity index (χ1) is 5.15. The van der Waals surface area contributed by atoms with E-state index in [0.717, 1.165) is 0 Å². The second-order valence-corrected chi connectivity index (χ2v) is 7.26. The van der Waals surface area contributed by atoms with Gasteiger partial charge in [0.25, 0.3) is 14.1 Å². The molecule has 0 aliphatic carbocycles. The van der Waals surface area contributed by atoms with Gasteiger partial charge in [0, 0.05) is 0 Å². The van der Waals surface area contributed by atoms with Gasteiger partial charge in [-0.05, 0) is 0 Å². The first-order valence-electron chi connectivity index (χ1n) is 5.15. The molecule has 0 N–H and O–H groups in total. The average molecular weight is 172 g/mol. The molecular formula is C10H25Al. The van der Waals surface area contributed by atoms with Gasteiger partial charge in [0.1, 0.15) is 0 Å². The maximum absolute atomic E-state index is 2.31. The smallest absolute Gasteiger partial charge is 0.106 e. The van der Waals surface area contributed by atoms with Crippen LogP contribution in [0.15, 0.2) is 0 Å². The van der Waals surface area contributed by atoms with Gasteiger partial charge in [-0.2, -0.15) is 0 Å². The molecule has 0 radical (unpaired) electrons. The topological polar surface area (TPSA) is 0 Å². The van der Waals surface area contributed by atoms with Gasteiger partial charge in [0.15, 0.2) is 0 Å². The van der Waals surface area contributed by atoms with Gasteiger partial charge in [-0.25, -0.2) is 0 Å². The largest absolute Gasteiger partial charge is 0.251 e. The molecule has 0 atom stereocenters. The Bertz CT molecular complexity index is 44.1. The molecule has 11 heavy (non-hydrogen) atoms. The second-order valence-electron chi connectivity index (χ2n) is 3.79. The maximum Gasteiger partial charge on any atom is 0.251 e. The monoisotopic (exact) mass is 172 g/mol. The average Bonchev–Trinajstić information content (AvgIpc) is 1.88. The fourth-order valence-electron chi connectivity index (χ4n) is 0.677. The second kappa shape index (κ2) is 13.1. The minimum atomic E-state index is -0.139. The zero-order valence-electron chi connectivity index (χ0n) is 9.11. The van der Waals surface area contributed by atoms with Crippen molar-refractivity contribution in [3.8, 4) is 0 Å². The molecule has 0 amide bonds. The lowest BCUT2D eigenvalue weighted by Gasteiger charge is -1.90. The minimum absolute atomic E-state index is 0.139. The van der Waals surface area contributed by atoms with Crippen molar-refractivity contribution >= 4 is 14.1 Å². The SMILES string of the molecule is CCCCCCC.[CH3][Al]([CH3])[CH3]. The summed E-state index contributed by atoms with van der Waals surface area (Å²) in [5.74, 6) is 6.92. The molecule has 0 heterocycles. The van der Waals surface area contributed by atoms with E-state index >= 15 is 0 Å². The Hall–Kier alpha value is 0.532. The molecule has 0 spiro atoms. The molecule has 1 heteroatoms. The molecule has 0 aliphatic rings. The Morgan fingerprint density at radius 2 is 1.00 bits per heavy atom. The van der Waals surface area contributed by atoms with Crippen molar-refractivity contribution in [3.05, 3.63) is 0 Å². The predicted molar refractivity (Wildman–Crippen MR) is 57.8 cm³/mol. The third-order valence-electron chi connectivity index (χ3n) is 1.21. The third kappa shape index (κ3) is 37.3. The van der Waals surface area contributed by atoms with Crippen molar-refractivity contribution in [2.24, 2.45) is 0 Å². The van der Waals surface area contributed by atoms with Crippen LogP contribution in [0.3, 0.4) is 0 Å². The van der Waals surface area contributed by atoms with Gasteiger partial charge in [-0.15, -0.1) is 17.4 Å². The van der Waals surface area contributed by atoms with Crippen LogP contribution in [0.2, 0.25) is 17.4 Å². The molecular weight excluding hydrogens is 147 g/mol. The van der Waals surface area contributed by atoms with Crippen LogP contribution >= 0.6 is 0 Å². The first-order valence-corrected chi connectivity index (χ1v) is 8.61. The molecule has 0 saturated carbocycles. The highest BCUT2D eigenvalue weighted by Gasteiger charge is 1.82. The maximum atomic E-state index is 2.31. The number of hydrogen-bond donors (Lipinski definition) is 0. The molecule has 0 aromatic heterocycles. The van der Waals surface area contributed by atoms with E-state index in [1.807, 2.05) is 0 Å². The summed E-state index contributed by atoms with van der Waals surface area (Å²) in [6.45, 7) is 4.49. The molecule has 0 bridgehead atoms. The van der Waals surface area contributed by atoms with E-state index in [1.165, 1.54) is 32.1 Å². The van der Waals surface area contributed by atoms with Crippen molar-refractivity contribution in [3.63, 3.8) is 0 Å². The van der Waals surface area contributed by atoms with Crippen molar-refractivity contribution in [1.29, 1.82) is 0 Å². The Kier molecular flexibility index (Phi) is 16.8. The predicted octanol–water partition coefficient (Wildman–Crippen LogP) is 4.35. The fraction of sp³-hybridized carbons (Fsp3) is 1.00. The van der Waals surface area contributed by atoms with Crippen LogP contribution < -0.4 is 0 Å². The molecule has 0 aromatic carbocycles. The summed E-state index contributed by atoms with van der Waals surface area (Å²) in [6, 6.07) is 0. The van der Waals surface area contributed by atoms with Gasteiger partial charge in [-0.3, -0.25) is 0 Å². The molecule has 0 saturated heterocycles. The van der Waals surface area contributed by atoms with Crippen LogP contribution in [0.4, 0.5) is 0 Å². The van der Waals surface area contributed by atoms with Crippen LogP contribution in [0.1, 0.15) is 46.0 Å². The zero-order chi connectivity index (χ0) is 9.11. The summed E-state index contributed by atoms with van der Waals surface area (Å²) in [5, 5.41) is 0. The number of rotatable bonds is 4. The molecule has 0 fully saturated rings. The summed E-state index contributed by atoms with van der Waals surface area (Å²) in [6.07, 6.45) is 7.01. The summed E-state index contributed by atoms with van der Waals surface area (Å²) in [5.41, 5.74) is 0. The Morgan fingerprint density at radius 1 is 0.727 bits per heavy atom. The van der Waals surface area contributed by atoms with Gasteiger partial charge < -0.3 is 0 Å². The van der Waals surface area contributed by atoms with E-state index < -0.39 is 0 Å². The highest BCUT2D eigenvalue weighted by Crippen LogP contribution is 2.00. The first kappa shape index (κ1) is 14.1. The van der Waals surface area contributed by atoms with Crippen molar-refractivity contribution in [2.45, 2.75) is 63.3 Å². The number of unbranched alkanes of at least 4 members (excludes halogenated alkanes) is 4. The highest BCUT2D eigenvalue weighted by atomic mass is 27.2. The minimum Gasteiger partial charge on any atom is -0.106 e. The van der Waals surface area contributed by atoms with Crippen molar-refractivity contribution < 1.29 is 0 Å². The standard InChI is InChI=1S/C7H16.3CH3.Al/c1-3-5-7-6-4-2;;;;/h3-7H2,1-2H3;3*1H3;. The lowest BCUT2D eigenvalue weighted by molar-refractivity contribution is 0.656. The van der Waals surface area contributed by atoms with E-state index in [1.54, 1.807) is 0 Å². The number of hydrogen-bond acceptors (Lipinski definition) is 0. The van der Waals surface area contributed by atoms with Crippen molar-refractivity contribution in [2.75, 3.05) is 0 Å². The molecule has 68 valence electrons. The quantitative estimate of drug-likeness (QED) is 0.437. The molecule has 0 aromatic rings. The van der Waals surface area contributed by atoms with Crippen LogP contribution in [-0.2, 0) is 0 Å². The Labute approximate surface area is 77.8 Å². The van der Waals surface area contributed by atoms with Crippen LogP contribution in [0.25, 0.3) is 0 Å². The zero-order valence-corrected chi connectivity index (χ0v) is 10.3. The normalized spacial score (nSPS) is 8.45. The lowest BCUT2D eigenvalue weighted by atomic mass is 10.2. The Morgan fingerprint density at radius 3 is 1.18 bits per heavy atom. The van der Waals surface area contributed by atoms with Crippen LogP contribution in [0, 0.1) is 0 Å². The summed E-state index contributed by atoms with van der Waals surface area (Å²) >= 11 is -0.139.